The van der Waals surface area contributed by atoms with Gasteiger partial charge in [-0.25, -0.2) is 9.59 Å². The van der Waals surface area contributed by atoms with Crippen LogP contribution in [0.2, 0.25) is 0 Å². The van der Waals surface area contributed by atoms with E-state index in [1.165, 1.54) is 7.11 Å². The van der Waals surface area contributed by atoms with Gasteiger partial charge in [-0.2, -0.15) is 4.37 Å². The number of esters is 1. The molecule has 0 spiro atoms. The first kappa shape index (κ1) is 16.4. The lowest BCUT2D eigenvalue weighted by Gasteiger charge is -2.25. The summed E-state index contributed by atoms with van der Waals surface area (Å²) in [7, 11) is 1.32. The van der Waals surface area contributed by atoms with Crippen molar-refractivity contribution in [3.05, 3.63) is 47.2 Å². The molecule has 1 N–H and O–H groups in total. The Balaban J connectivity index is 1.79. The number of aryl methyl sites for hydroxylation is 1. The van der Waals surface area contributed by atoms with E-state index >= 15 is 0 Å². The van der Waals surface area contributed by atoms with Gasteiger partial charge in [-0.05, 0) is 36.9 Å². The van der Waals surface area contributed by atoms with E-state index in [9.17, 15) is 9.59 Å². The number of nitrogens with zero attached hydrogens (tertiary/aromatic N) is 2. The molecule has 0 saturated carbocycles. The van der Waals surface area contributed by atoms with Gasteiger partial charge in [-0.15, -0.1) is 0 Å². The van der Waals surface area contributed by atoms with Gasteiger partial charge in [0.1, 0.15) is 10.6 Å². The van der Waals surface area contributed by atoms with Crippen molar-refractivity contribution in [2.24, 2.45) is 0 Å². The molecule has 24 heavy (non-hydrogen) atoms. The molecule has 1 atom stereocenters. The SMILES string of the molecule is COC(=O)c1c(C)nsc1NC(=O)N1CCC[C@H]1c1ccccc1. The summed E-state index contributed by atoms with van der Waals surface area (Å²) >= 11 is 1.09. The number of hydrogen-bond acceptors (Lipinski definition) is 5. The number of rotatable bonds is 3. The summed E-state index contributed by atoms with van der Waals surface area (Å²) in [5.74, 6) is -0.488. The minimum atomic E-state index is -0.488. The zero-order valence-electron chi connectivity index (χ0n) is 13.6. The summed E-state index contributed by atoms with van der Waals surface area (Å²) in [5, 5.41) is 3.26. The third kappa shape index (κ3) is 3.12. The van der Waals surface area contributed by atoms with Crippen LogP contribution in [0.5, 0.6) is 0 Å². The Bertz CT molecular complexity index is 745. The van der Waals surface area contributed by atoms with Gasteiger partial charge in [0.05, 0.1) is 18.8 Å². The predicted molar refractivity (Wildman–Crippen MR) is 92.3 cm³/mol. The van der Waals surface area contributed by atoms with E-state index in [2.05, 4.69) is 9.69 Å². The number of urea groups is 1. The predicted octanol–water partition coefficient (Wildman–Crippen LogP) is 3.61. The van der Waals surface area contributed by atoms with Crippen LogP contribution >= 0.6 is 11.5 Å². The Labute approximate surface area is 144 Å². The van der Waals surface area contributed by atoms with Gasteiger partial charge in [0.2, 0.25) is 0 Å². The topological polar surface area (TPSA) is 71.5 Å². The maximum absolute atomic E-state index is 12.7. The Morgan fingerprint density at radius 2 is 2.08 bits per heavy atom. The van der Waals surface area contributed by atoms with E-state index in [-0.39, 0.29) is 12.1 Å². The molecule has 1 aromatic carbocycles. The molecule has 1 aliphatic rings. The number of amides is 2. The number of carbonyl (C=O) groups excluding carboxylic acids is 2. The fourth-order valence-electron chi connectivity index (χ4n) is 3.00. The van der Waals surface area contributed by atoms with Gasteiger partial charge in [0, 0.05) is 6.54 Å². The number of likely N-dealkylation sites (tertiary alicyclic amines) is 1. The van der Waals surface area contributed by atoms with Crippen molar-refractivity contribution in [3.63, 3.8) is 0 Å². The smallest absolute Gasteiger partial charge is 0.342 e. The summed E-state index contributed by atoms with van der Waals surface area (Å²) in [6, 6.07) is 9.83. The number of anilines is 1. The standard InChI is InChI=1S/C17H19N3O3S/c1-11-14(16(21)23-2)15(24-19-11)18-17(22)20-10-6-9-13(20)12-7-4-3-5-8-12/h3-5,7-8,13H,6,9-10H2,1-2H3,(H,18,22)/t13-/m0/s1. The molecule has 2 amide bonds. The molecule has 0 radical (unpaired) electrons. The molecule has 0 bridgehead atoms. The van der Waals surface area contributed by atoms with Crippen LogP contribution in [0, 0.1) is 6.92 Å². The Morgan fingerprint density at radius 1 is 1.33 bits per heavy atom. The van der Waals surface area contributed by atoms with Crippen molar-refractivity contribution in [2.75, 3.05) is 19.0 Å². The van der Waals surface area contributed by atoms with Crippen LogP contribution in [-0.4, -0.2) is 34.9 Å². The molecule has 6 nitrogen and oxygen atoms in total. The number of ether oxygens (including phenoxy) is 1. The van der Waals surface area contributed by atoms with Gasteiger partial charge < -0.3 is 9.64 Å². The minimum Gasteiger partial charge on any atom is -0.465 e. The van der Waals surface area contributed by atoms with Crippen molar-refractivity contribution >= 4 is 28.5 Å². The molecule has 2 heterocycles. The number of hydrogen-bond donors (Lipinski definition) is 1. The van der Waals surface area contributed by atoms with Crippen molar-refractivity contribution < 1.29 is 14.3 Å². The highest BCUT2D eigenvalue weighted by molar-refractivity contribution is 7.11. The number of nitrogens with one attached hydrogen (secondary N) is 1. The maximum Gasteiger partial charge on any atom is 0.342 e. The first-order valence-corrected chi connectivity index (χ1v) is 8.56. The van der Waals surface area contributed by atoms with Gasteiger partial charge in [0.15, 0.2) is 0 Å². The molecule has 126 valence electrons. The normalized spacial score (nSPS) is 16.9. The maximum atomic E-state index is 12.7. The summed E-state index contributed by atoms with van der Waals surface area (Å²) in [6.07, 6.45) is 1.89. The minimum absolute atomic E-state index is 0.0572. The van der Waals surface area contributed by atoms with Gasteiger partial charge in [-0.1, -0.05) is 30.3 Å². The molecule has 2 aromatic rings. The molecule has 0 aliphatic carbocycles. The summed E-state index contributed by atoms with van der Waals surface area (Å²) in [4.78, 5) is 26.4. The Kier molecular flexibility index (Phi) is 4.80. The van der Waals surface area contributed by atoms with Gasteiger partial charge in [-0.3, -0.25) is 5.32 Å². The number of carbonyl (C=O) groups is 2. The molecule has 1 aliphatic heterocycles. The van der Waals surface area contributed by atoms with Crippen molar-refractivity contribution in [1.29, 1.82) is 0 Å². The second kappa shape index (κ2) is 7.00. The summed E-state index contributed by atoms with van der Waals surface area (Å²) in [5.41, 5.74) is 2.01. The van der Waals surface area contributed by atoms with Gasteiger partial charge in [0.25, 0.3) is 0 Å². The van der Waals surface area contributed by atoms with Crippen LogP contribution in [0.25, 0.3) is 0 Å². The molecule has 1 aromatic heterocycles. The zero-order valence-corrected chi connectivity index (χ0v) is 14.4. The average Bonchev–Trinajstić information content (AvgIpc) is 3.22. The van der Waals surface area contributed by atoms with Crippen LogP contribution in [0.4, 0.5) is 9.80 Å². The Hall–Kier alpha value is -2.41. The number of benzene rings is 1. The second-order valence-electron chi connectivity index (χ2n) is 5.66. The zero-order chi connectivity index (χ0) is 17.1. The lowest BCUT2D eigenvalue weighted by molar-refractivity contribution is 0.0601. The van der Waals surface area contributed by atoms with Crippen molar-refractivity contribution in [3.8, 4) is 0 Å². The first-order chi connectivity index (χ1) is 11.6. The van der Waals surface area contributed by atoms with E-state index in [1.807, 2.05) is 35.2 Å². The fraction of sp³-hybridized carbons (Fsp3) is 0.353. The van der Waals surface area contributed by atoms with Crippen LogP contribution in [0.1, 0.15) is 40.5 Å². The molecule has 0 unspecified atom stereocenters. The van der Waals surface area contributed by atoms with E-state index < -0.39 is 5.97 Å². The lowest BCUT2D eigenvalue weighted by atomic mass is 10.1. The molecule has 7 heteroatoms. The molecule has 1 saturated heterocycles. The monoisotopic (exact) mass is 345 g/mol. The van der Waals surface area contributed by atoms with Crippen LogP contribution < -0.4 is 5.32 Å². The van der Waals surface area contributed by atoms with Crippen molar-refractivity contribution in [2.45, 2.75) is 25.8 Å². The van der Waals surface area contributed by atoms with Crippen LogP contribution in [-0.2, 0) is 4.74 Å². The summed E-state index contributed by atoms with van der Waals surface area (Å²) in [6.45, 7) is 2.41. The number of aromatic nitrogens is 1. The fourth-order valence-corrected chi connectivity index (χ4v) is 3.77. The molecule has 1 fully saturated rings. The van der Waals surface area contributed by atoms with E-state index in [0.717, 1.165) is 29.9 Å². The van der Waals surface area contributed by atoms with Gasteiger partial charge >= 0.3 is 12.0 Å². The van der Waals surface area contributed by atoms with Crippen LogP contribution in [0.3, 0.4) is 0 Å². The average molecular weight is 345 g/mol. The third-order valence-electron chi connectivity index (χ3n) is 4.17. The summed E-state index contributed by atoms with van der Waals surface area (Å²) < 4.78 is 8.93. The molecular formula is C17H19N3O3S. The largest absolute Gasteiger partial charge is 0.465 e. The molecule has 3 rings (SSSR count). The number of methoxy groups -OCH3 is 1. The van der Waals surface area contributed by atoms with E-state index in [1.54, 1.807) is 6.92 Å². The van der Waals surface area contributed by atoms with Crippen molar-refractivity contribution in [1.82, 2.24) is 9.27 Å². The molecular weight excluding hydrogens is 326 g/mol. The highest BCUT2D eigenvalue weighted by atomic mass is 32.1. The van der Waals surface area contributed by atoms with Crippen LogP contribution in [0.15, 0.2) is 30.3 Å². The first-order valence-electron chi connectivity index (χ1n) is 7.79. The van der Waals surface area contributed by atoms with E-state index in [0.29, 0.717) is 22.8 Å². The third-order valence-corrected chi connectivity index (χ3v) is 5.02. The highest BCUT2D eigenvalue weighted by Gasteiger charge is 2.31. The second-order valence-corrected chi connectivity index (χ2v) is 6.43. The van der Waals surface area contributed by atoms with E-state index in [4.69, 9.17) is 4.74 Å². The quantitative estimate of drug-likeness (QED) is 0.863. The lowest BCUT2D eigenvalue weighted by Crippen LogP contribution is -2.34. The highest BCUT2D eigenvalue weighted by Crippen LogP contribution is 2.33. The Morgan fingerprint density at radius 3 is 2.79 bits per heavy atom.